The zero-order chi connectivity index (χ0) is 15.6. The van der Waals surface area contributed by atoms with Crippen molar-refractivity contribution < 1.29 is 9.68 Å². The number of fused-ring (bicyclic) bond motifs is 2. The van der Waals surface area contributed by atoms with Crippen molar-refractivity contribution >= 4 is 29.2 Å². The third-order valence-electron chi connectivity index (χ3n) is 4.11. The summed E-state index contributed by atoms with van der Waals surface area (Å²) < 4.78 is 5.45. The van der Waals surface area contributed by atoms with Gasteiger partial charge in [0.25, 0.3) is 0 Å². The molecular formula is C20H14BO2. The van der Waals surface area contributed by atoms with Gasteiger partial charge >= 0.3 is 7.69 Å². The van der Waals surface area contributed by atoms with Gasteiger partial charge in [0.05, 0.1) is 0 Å². The highest BCUT2D eigenvalue weighted by molar-refractivity contribution is 6.18. The van der Waals surface area contributed by atoms with E-state index in [2.05, 4.69) is 36.4 Å². The van der Waals surface area contributed by atoms with Crippen LogP contribution in [-0.2, 0) is 0 Å². The second kappa shape index (κ2) is 5.78. The number of hydrogen-bond donors (Lipinski definition) is 1. The quantitative estimate of drug-likeness (QED) is 0.561. The Morgan fingerprint density at radius 2 is 1.39 bits per heavy atom. The molecule has 0 saturated heterocycles. The van der Waals surface area contributed by atoms with Gasteiger partial charge in [-0.3, -0.25) is 0 Å². The molecule has 0 saturated carbocycles. The topological polar surface area (TPSA) is 29.5 Å². The van der Waals surface area contributed by atoms with Crippen LogP contribution in [0.2, 0.25) is 0 Å². The molecule has 2 nitrogen and oxygen atoms in total. The SMILES string of the molecule is O[B]Oc1c(-c2ccc3ccccc3c2)ccc2ccccc12. The molecule has 0 amide bonds. The van der Waals surface area contributed by atoms with Crippen molar-refractivity contribution in [1.82, 2.24) is 0 Å². The summed E-state index contributed by atoms with van der Waals surface area (Å²) in [7, 11) is 0.742. The van der Waals surface area contributed by atoms with E-state index >= 15 is 0 Å². The molecular weight excluding hydrogens is 283 g/mol. The molecule has 3 heteroatoms. The Kier molecular flexibility index (Phi) is 3.49. The van der Waals surface area contributed by atoms with E-state index in [1.807, 2.05) is 42.5 Å². The highest BCUT2D eigenvalue weighted by Crippen LogP contribution is 2.37. The van der Waals surface area contributed by atoms with Crippen LogP contribution in [0, 0.1) is 0 Å². The summed E-state index contributed by atoms with van der Waals surface area (Å²) in [4.78, 5) is 0. The molecule has 0 fully saturated rings. The summed E-state index contributed by atoms with van der Waals surface area (Å²) >= 11 is 0. The van der Waals surface area contributed by atoms with Gasteiger partial charge in [0.15, 0.2) is 0 Å². The Morgan fingerprint density at radius 1 is 0.696 bits per heavy atom. The van der Waals surface area contributed by atoms with Gasteiger partial charge in [0, 0.05) is 10.9 Å². The predicted octanol–water partition coefficient (Wildman–Crippen LogP) is 4.57. The van der Waals surface area contributed by atoms with E-state index in [0.717, 1.165) is 29.6 Å². The number of hydrogen-bond acceptors (Lipinski definition) is 2. The lowest BCUT2D eigenvalue weighted by Gasteiger charge is -2.14. The van der Waals surface area contributed by atoms with Gasteiger partial charge in [-0.2, -0.15) is 0 Å². The molecule has 0 atom stereocenters. The molecule has 0 aliphatic heterocycles. The minimum atomic E-state index is 0.667. The Hall–Kier alpha value is -2.78. The number of benzene rings is 4. The van der Waals surface area contributed by atoms with Crippen LogP contribution in [0.1, 0.15) is 0 Å². The summed E-state index contributed by atoms with van der Waals surface area (Å²) in [5.41, 5.74) is 2.02. The van der Waals surface area contributed by atoms with Gasteiger partial charge in [0.1, 0.15) is 5.75 Å². The fourth-order valence-electron chi connectivity index (χ4n) is 3.01. The smallest absolute Gasteiger partial charge is 0.537 e. The van der Waals surface area contributed by atoms with Gasteiger partial charge in [-0.15, -0.1) is 0 Å². The van der Waals surface area contributed by atoms with E-state index < -0.39 is 0 Å². The molecule has 0 aliphatic rings. The van der Waals surface area contributed by atoms with Gasteiger partial charge < -0.3 is 9.68 Å². The van der Waals surface area contributed by atoms with Crippen molar-refractivity contribution in [3.8, 4) is 16.9 Å². The largest absolute Gasteiger partial charge is 0.569 e. The van der Waals surface area contributed by atoms with Crippen LogP contribution in [0.5, 0.6) is 5.75 Å². The summed E-state index contributed by atoms with van der Waals surface area (Å²) in [6.07, 6.45) is 0. The van der Waals surface area contributed by atoms with Crippen molar-refractivity contribution in [2.45, 2.75) is 0 Å². The predicted molar refractivity (Wildman–Crippen MR) is 95.5 cm³/mol. The van der Waals surface area contributed by atoms with E-state index in [1.165, 1.54) is 10.8 Å². The standard InChI is InChI=1S/C20H14BO2/c22-21-23-20-18-8-4-3-6-15(18)11-12-19(20)17-10-9-14-5-1-2-7-16(14)13-17/h1-13,22H. The van der Waals surface area contributed by atoms with Crippen molar-refractivity contribution in [2.24, 2.45) is 0 Å². The monoisotopic (exact) mass is 297 g/mol. The maximum absolute atomic E-state index is 9.18. The minimum absolute atomic E-state index is 0.667. The first-order valence-corrected chi connectivity index (χ1v) is 7.50. The Balaban J connectivity index is 1.97. The first-order chi connectivity index (χ1) is 11.4. The first-order valence-electron chi connectivity index (χ1n) is 7.50. The molecule has 4 rings (SSSR count). The van der Waals surface area contributed by atoms with Crippen LogP contribution in [0.3, 0.4) is 0 Å². The molecule has 4 aromatic carbocycles. The summed E-state index contributed by atoms with van der Waals surface area (Å²) in [6.45, 7) is 0. The van der Waals surface area contributed by atoms with E-state index in [4.69, 9.17) is 4.65 Å². The first kappa shape index (κ1) is 13.9. The normalized spacial score (nSPS) is 10.8. The van der Waals surface area contributed by atoms with Gasteiger partial charge in [-0.1, -0.05) is 72.8 Å². The molecule has 23 heavy (non-hydrogen) atoms. The van der Waals surface area contributed by atoms with E-state index in [1.54, 1.807) is 0 Å². The molecule has 0 aliphatic carbocycles. The van der Waals surface area contributed by atoms with Gasteiger partial charge in [0.2, 0.25) is 0 Å². The molecule has 109 valence electrons. The summed E-state index contributed by atoms with van der Waals surface area (Å²) in [5.74, 6) is 0.667. The maximum atomic E-state index is 9.18. The average Bonchev–Trinajstić information content (AvgIpc) is 2.62. The van der Waals surface area contributed by atoms with Crippen molar-refractivity contribution in [1.29, 1.82) is 0 Å². The van der Waals surface area contributed by atoms with Crippen LogP contribution in [0.25, 0.3) is 32.7 Å². The molecule has 4 aromatic rings. The van der Waals surface area contributed by atoms with Crippen LogP contribution >= 0.6 is 0 Å². The average molecular weight is 297 g/mol. The second-order valence-corrected chi connectivity index (χ2v) is 5.45. The third-order valence-corrected chi connectivity index (χ3v) is 4.11. The minimum Gasteiger partial charge on any atom is -0.537 e. The van der Waals surface area contributed by atoms with E-state index in [0.29, 0.717) is 5.75 Å². The zero-order valence-electron chi connectivity index (χ0n) is 12.4. The van der Waals surface area contributed by atoms with Gasteiger partial charge in [-0.05, 0) is 27.8 Å². The lowest BCUT2D eigenvalue weighted by Crippen LogP contribution is -2.02. The fourth-order valence-corrected chi connectivity index (χ4v) is 3.01. The molecule has 0 bridgehead atoms. The zero-order valence-corrected chi connectivity index (χ0v) is 12.4. The van der Waals surface area contributed by atoms with Crippen LogP contribution < -0.4 is 4.65 Å². The molecule has 1 N–H and O–H groups in total. The van der Waals surface area contributed by atoms with Crippen molar-refractivity contribution in [2.75, 3.05) is 0 Å². The molecule has 1 radical (unpaired) electrons. The Morgan fingerprint density at radius 3 is 2.22 bits per heavy atom. The number of rotatable bonds is 3. The van der Waals surface area contributed by atoms with Crippen molar-refractivity contribution in [3.05, 3.63) is 78.9 Å². The van der Waals surface area contributed by atoms with Crippen LogP contribution in [-0.4, -0.2) is 12.7 Å². The highest BCUT2D eigenvalue weighted by Gasteiger charge is 2.11. The highest BCUT2D eigenvalue weighted by atomic mass is 16.5. The molecule has 0 aromatic heterocycles. The van der Waals surface area contributed by atoms with Crippen LogP contribution in [0.15, 0.2) is 78.9 Å². The summed E-state index contributed by atoms with van der Waals surface area (Å²) in [6, 6.07) is 26.7. The van der Waals surface area contributed by atoms with Crippen LogP contribution in [0.4, 0.5) is 0 Å². The van der Waals surface area contributed by atoms with Crippen molar-refractivity contribution in [3.63, 3.8) is 0 Å². The second-order valence-electron chi connectivity index (χ2n) is 5.45. The van der Waals surface area contributed by atoms with Gasteiger partial charge in [-0.25, -0.2) is 0 Å². The lowest BCUT2D eigenvalue weighted by molar-refractivity contribution is 0.457. The third kappa shape index (κ3) is 2.45. The van der Waals surface area contributed by atoms with E-state index in [-0.39, 0.29) is 0 Å². The molecule has 0 heterocycles. The Labute approximate surface area is 135 Å². The van der Waals surface area contributed by atoms with E-state index in [9.17, 15) is 5.02 Å². The molecule has 0 unspecified atom stereocenters. The Bertz CT molecular complexity index is 995. The fraction of sp³-hybridized carbons (Fsp3) is 0. The lowest BCUT2D eigenvalue weighted by atomic mass is 9.97. The maximum Gasteiger partial charge on any atom is 0.569 e. The summed E-state index contributed by atoms with van der Waals surface area (Å²) in [5, 5.41) is 13.6. The molecule has 0 spiro atoms.